The van der Waals surface area contributed by atoms with Gasteiger partial charge in [0.25, 0.3) is 5.91 Å². The van der Waals surface area contributed by atoms with E-state index >= 15 is 0 Å². The summed E-state index contributed by atoms with van der Waals surface area (Å²) >= 11 is 0. The van der Waals surface area contributed by atoms with E-state index in [4.69, 9.17) is 18.9 Å². The second-order valence-corrected chi connectivity index (χ2v) is 6.15. The lowest BCUT2D eigenvalue weighted by molar-refractivity contribution is 0.0778. The predicted molar refractivity (Wildman–Crippen MR) is 92.2 cm³/mol. The van der Waals surface area contributed by atoms with Gasteiger partial charge in [-0.05, 0) is 36.4 Å². The Morgan fingerprint density at radius 3 is 2.54 bits per heavy atom. The fraction of sp³-hybridized carbons (Fsp3) is 0.263. The number of ether oxygens (including phenoxy) is 4. The maximum atomic E-state index is 12.7. The molecule has 0 bridgehead atoms. The Bertz CT molecular complexity index is 924. The van der Waals surface area contributed by atoms with Crippen molar-refractivity contribution in [1.82, 2.24) is 5.01 Å². The summed E-state index contributed by atoms with van der Waals surface area (Å²) in [4.78, 5) is 12.7. The fourth-order valence-corrected chi connectivity index (χ4v) is 3.21. The normalized spacial score (nSPS) is 17.2. The predicted octanol–water partition coefficient (Wildman–Crippen LogP) is 2.44. The van der Waals surface area contributed by atoms with Crippen molar-refractivity contribution in [1.29, 1.82) is 0 Å². The number of rotatable bonds is 2. The van der Waals surface area contributed by atoms with E-state index < -0.39 is 0 Å². The van der Waals surface area contributed by atoms with Crippen LogP contribution < -0.4 is 18.9 Å². The van der Waals surface area contributed by atoms with Crippen LogP contribution in [0.4, 0.5) is 0 Å². The van der Waals surface area contributed by atoms with Crippen molar-refractivity contribution in [3.63, 3.8) is 0 Å². The monoisotopic (exact) mass is 352 g/mol. The molecule has 7 heteroatoms. The van der Waals surface area contributed by atoms with Crippen LogP contribution in [0.2, 0.25) is 0 Å². The van der Waals surface area contributed by atoms with Gasteiger partial charge in [0.05, 0.1) is 12.3 Å². The minimum atomic E-state index is -0.157. The number of fused-ring (bicyclic) bond motifs is 2. The molecule has 0 saturated heterocycles. The molecule has 2 aromatic carbocycles. The first-order chi connectivity index (χ1) is 12.8. The Kier molecular flexibility index (Phi) is 3.44. The number of benzene rings is 2. The average molecular weight is 352 g/mol. The molecular formula is C19H16N2O5. The van der Waals surface area contributed by atoms with E-state index in [1.807, 2.05) is 18.2 Å². The van der Waals surface area contributed by atoms with Crippen molar-refractivity contribution in [2.24, 2.45) is 5.10 Å². The van der Waals surface area contributed by atoms with Crippen molar-refractivity contribution in [3.05, 3.63) is 47.5 Å². The van der Waals surface area contributed by atoms with Crippen LogP contribution in [0.3, 0.4) is 0 Å². The molecular weight excluding hydrogens is 336 g/mol. The second-order valence-electron chi connectivity index (χ2n) is 6.15. The van der Waals surface area contributed by atoms with Gasteiger partial charge in [0, 0.05) is 17.5 Å². The largest absolute Gasteiger partial charge is 0.486 e. The van der Waals surface area contributed by atoms with Crippen LogP contribution in [0.5, 0.6) is 23.0 Å². The van der Waals surface area contributed by atoms with E-state index in [1.165, 1.54) is 5.01 Å². The molecule has 0 saturated carbocycles. The van der Waals surface area contributed by atoms with Crippen molar-refractivity contribution in [2.45, 2.75) is 6.42 Å². The van der Waals surface area contributed by atoms with E-state index in [-0.39, 0.29) is 12.7 Å². The lowest BCUT2D eigenvalue weighted by atomic mass is 10.1. The zero-order valence-corrected chi connectivity index (χ0v) is 13.9. The standard InChI is InChI=1S/C19H16N2O5/c22-19(13-2-4-16-18(10-13)26-11-25-16)21-6-5-14(20-21)12-1-3-15-17(9-12)24-8-7-23-15/h1-4,9-10H,5-8,11H2. The Hall–Kier alpha value is -3.22. The molecule has 0 aliphatic carbocycles. The third-order valence-corrected chi connectivity index (χ3v) is 4.53. The molecule has 0 unspecified atom stereocenters. The van der Waals surface area contributed by atoms with Crippen molar-refractivity contribution in [2.75, 3.05) is 26.6 Å². The van der Waals surface area contributed by atoms with Crippen molar-refractivity contribution < 1.29 is 23.7 Å². The molecule has 132 valence electrons. The van der Waals surface area contributed by atoms with Crippen LogP contribution in [0, 0.1) is 0 Å². The third kappa shape index (κ3) is 2.52. The number of carbonyl (C=O) groups is 1. The SMILES string of the molecule is O=C(c1ccc2c(c1)OCO2)N1CCC(c2ccc3c(c2)OCCO3)=N1. The van der Waals surface area contributed by atoms with Gasteiger partial charge in [0.15, 0.2) is 23.0 Å². The highest BCUT2D eigenvalue weighted by Gasteiger charge is 2.25. The number of amides is 1. The van der Waals surface area contributed by atoms with E-state index in [1.54, 1.807) is 18.2 Å². The number of carbonyl (C=O) groups excluding carboxylic acids is 1. The van der Waals surface area contributed by atoms with Crippen LogP contribution in [0.15, 0.2) is 41.5 Å². The Morgan fingerprint density at radius 1 is 0.885 bits per heavy atom. The number of hydrazone groups is 1. The molecule has 0 N–H and O–H groups in total. The molecule has 5 rings (SSSR count). The molecule has 7 nitrogen and oxygen atoms in total. The van der Waals surface area contributed by atoms with E-state index in [0.29, 0.717) is 43.2 Å². The minimum absolute atomic E-state index is 0.157. The first-order valence-corrected chi connectivity index (χ1v) is 8.47. The Morgan fingerprint density at radius 2 is 1.62 bits per heavy atom. The van der Waals surface area contributed by atoms with Crippen LogP contribution in [0.25, 0.3) is 0 Å². The van der Waals surface area contributed by atoms with E-state index in [2.05, 4.69) is 5.10 Å². The van der Waals surface area contributed by atoms with Gasteiger partial charge in [0.2, 0.25) is 6.79 Å². The summed E-state index contributed by atoms with van der Waals surface area (Å²) in [5.41, 5.74) is 2.33. The first kappa shape index (κ1) is 15.1. The topological polar surface area (TPSA) is 69.6 Å². The molecule has 0 aromatic heterocycles. The van der Waals surface area contributed by atoms with Crippen LogP contribution in [-0.2, 0) is 0 Å². The molecule has 0 fully saturated rings. The van der Waals surface area contributed by atoms with Crippen molar-refractivity contribution in [3.8, 4) is 23.0 Å². The number of hydrogen-bond acceptors (Lipinski definition) is 6. The zero-order valence-electron chi connectivity index (χ0n) is 13.9. The van der Waals surface area contributed by atoms with Gasteiger partial charge in [-0.1, -0.05) is 0 Å². The van der Waals surface area contributed by atoms with Crippen LogP contribution in [0.1, 0.15) is 22.3 Å². The third-order valence-electron chi connectivity index (χ3n) is 4.53. The van der Waals surface area contributed by atoms with Gasteiger partial charge in [-0.3, -0.25) is 4.79 Å². The second kappa shape index (κ2) is 5.94. The summed E-state index contributed by atoms with van der Waals surface area (Å²) in [6.45, 7) is 1.82. The average Bonchev–Trinajstić information content (AvgIpc) is 3.36. The summed E-state index contributed by atoms with van der Waals surface area (Å²) < 4.78 is 21.8. The first-order valence-electron chi connectivity index (χ1n) is 8.47. The summed E-state index contributed by atoms with van der Waals surface area (Å²) in [5, 5.41) is 6.00. The highest BCUT2D eigenvalue weighted by molar-refractivity contribution is 6.04. The maximum Gasteiger partial charge on any atom is 0.274 e. The lowest BCUT2D eigenvalue weighted by Gasteiger charge is -2.18. The lowest BCUT2D eigenvalue weighted by Crippen LogP contribution is -2.23. The summed E-state index contributed by atoms with van der Waals surface area (Å²) in [7, 11) is 0. The molecule has 3 aliphatic heterocycles. The maximum absolute atomic E-state index is 12.7. The van der Waals surface area contributed by atoms with Gasteiger partial charge in [-0.2, -0.15) is 5.10 Å². The molecule has 3 aliphatic rings. The van der Waals surface area contributed by atoms with E-state index in [9.17, 15) is 4.79 Å². The fourth-order valence-electron chi connectivity index (χ4n) is 3.21. The number of nitrogens with zero attached hydrogens (tertiary/aromatic N) is 2. The highest BCUT2D eigenvalue weighted by Crippen LogP contribution is 2.34. The molecule has 0 spiro atoms. The smallest absolute Gasteiger partial charge is 0.274 e. The van der Waals surface area contributed by atoms with Gasteiger partial charge in [-0.25, -0.2) is 5.01 Å². The van der Waals surface area contributed by atoms with Gasteiger partial charge < -0.3 is 18.9 Å². The Labute approximate surface area is 149 Å². The molecule has 3 heterocycles. The summed E-state index contributed by atoms with van der Waals surface area (Å²) in [5.74, 6) is 2.55. The van der Waals surface area contributed by atoms with Crippen LogP contribution in [-0.4, -0.2) is 43.2 Å². The molecule has 2 aromatic rings. The highest BCUT2D eigenvalue weighted by atomic mass is 16.7. The molecule has 26 heavy (non-hydrogen) atoms. The van der Waals surface area contributed by atoms with Gasteiger partial charge in [-0.15, -0.1) is 0 Å². The van der Waals surface area contributed by atoms with Crippen LogP contribution >= 0.6 is 0 Å². The zero-order chi connectivity index (χ0) is 17.5. The summed E-state index contributed by atoms with van der Waals surface area (Å²) in [6, 6.07) is 10.9. The Balaban J connectivity index is 1.38. The van der Waals surface area contributed by atoms with Crippen molar-refractivity contribution >= 4 is 11.6 Å². The van der Waals surface area contributed by atoms with Gasteiger partial charge >= 0.3 is 0 Å². The quantitative estimate of drug-likeness (QED) is 0.830. The van der Waals surface area contributed by atoms with Gasteiger partial charge in [0.1, 0.15) is 13.2 Å². The molecule has 1 amide bonds. The van der Waals surface area contributed by atoms with E-state index in [0.717, 1.165) is 22.8 Å². The molecule has 0 atom stereocenters. The summed E-state index contributed by atoms with van der Waals surface area (Å²) in [6.07, 6.45) is 0.690. The number of hydrogen-bond donors (Lipinski definition) is 0. The minimum Gasteiger partial charge on any atom is -0.486 e. The molecule has 0 radical (unpaired) electrons.